The van der Waals surface area contributed by atoms with Crippen LogP contribution in [0.15, 0.2) is 36.4 Å². The summed E-state index contributed by atoms with van der Waals surface area (Å²) in [4.78, 5) is 23.9. The molecule has 0 bridgehead atoms. The summed E-state index contributed by atoms with van der Waals surface area (Å²) in [5.41, 5.74) is 0.635. The Balaban J connectivity index is 2.08. The lowest BCUT2D eigenvalue weighted by molar-refractivity contribution is -0.148. The van der Waals surface area contributed by atoms with Gasteiger partial charge in [0, 0.05) is 11.2 Å². The minimum atomic E-state index is -3.85. The number of rotatable bonds is 8. The van der Waals surface area contributed by atoms with Crippen LogP contribution < -0.4 is 9.61 Å². The number of esters is 2. The lowest BCUT2D eigenvalue weighted by atomic mass is 9.98. The highest BCUT2D eigenvalue weighted by atomic mass is 35.7. The van der Waals surface area contributed by atoms with Crippen LogP contribution in [0.4, 0.5) is 0 Å². The third-order valence-corrected chi connectivity index (χ3v) is 6.10. The standard InChI is InChI=1S/C22H29ClNO6P/c1-14(20(25)28-6)16-7-8-18-12-19(10-9-17(18)11-16)30-31(23,27)24-15(2)21(26)29-13-22(3,4)5/h7-12,14-15H,13H2,1-6H3,(H,24,27). The van der Waals surface area contributed by atoms with E-state index in [1.54, 1.807) is 25.1 Å². The zero-order chi connectivity index (χ0) is 23.4. The molecule has 2 aromatic carbocycles. The second kappa shape index (κ2) is 10.0. The van der Waals surface area contributed by atoms with E-state index in [0.29, 0.717) is 0 Å². The monoisotopic (exact) mass is 469 g/mol. The van der Waals surface area contributed by atoms with Crippen molar-refractivity contribution in [3.63, 3.8) is 0 Å². The third kappa shape index (κ3) is 7.53. The Morgan fingerprint density at radius 3 is 2.29 bits per heavy atom. The molecule has 0 aliphatic heterocycles. The Morgan fingerprint density at radius 1 is 1.06 bits per heavy atom. The lowest BCUT2D eigenvalue weighted by Crippen LogP contribution is -2.34. The van der Waals surface area contributed by atoms with Crippen molar-refractivity contribution in [2.24, 2.45) is 5.41 Å². The quantitative estimate of drug-likeness (QED) is 0.408. The van der Waals surface area contributed by atoms with Crippen LogP contribution in [0.1, 0.15) is 46.1 Å². The highest BCUT2D eigenvalue weighted by Gasteiger charge is 2.29. The van der Waals surface area contributed by atoms with Gasteiger partial charge in [-0.05, 0) is 47.7 Å². The summed E-state index contributed by atoms with van der Waals surface area (Å²) in [6.07, 6.45) is 0. The molecule has 0 spiro atoms. The van der Waals surface area contributed by atoms with Gasteiger partial charge in [0.05, 0.1) is 19.6 Å². The van der Waals surface area contributed by atoms with Crippen molar-refractivity contribution in [3.8, 4) is 5.75 Å². The number of carbonyl (C=O) groups excluding carboxylic acids is 2. The summed E-state index contributed by atoms with van der Waals surface area (Å²) in [6.45, 7) is 5.47. The molecule has 0 aliphatic rings. The van der Waals surface area contributed by atoms with Crippen LogP contribution in [-0.4, -0.2) is 31.7 Å². The van der Waals surface area contributed by atoms with Gasteiger partial charge in [-0.2, -0.15) is 0 Å². The van der Waals surface area contributed by atoms with Crippen LogP contribution in [0.2, 0.25) is 0 Å². The summed E-state index contributed by atoms with van der Waals surface area (Å²) in [7, 11) is 1.35. The van der Waals surface area contributed by atoms with E-state index in [1.807, 2.05) is 39.0 Å². The molecule has 0 saturated heterocycles. The fraction of sp³-hybridized carbons (Fsp3) is 0.455. The fourth-order valence-corrected chi connectivity index (χ4v) is 4.42. The van der Waals surface area contributed by atoms with Crippen molar-refractivity contribution >= 4 is 40.8 Å². The Labute approximate surface area is 187 Å². The first-order chi connectivity index (χ1) is 14.3. The summed E-state index contributed by atoms with van der Waals surface area (Å²) in [5.74, 6) is -0.992. The van der Waals surface area contributed by atoms with Crippen molar-refractivity contribution in [3.05, 3.63) is 42.0 Å². The van der Waals surface area contributed by atoms with Crippen LogP contribution in [0.3, 0.4) is 0 Å². The van der Waals surface area contributed by atoms with Crippen LogP contribution in [0.25, 0.3) is 10.8 Å². The zero-order valence-electron chi connectivity index (χ0n) is 18.6. The molecule has 3 unspecified atom stereocenters. The second-order valence-corrected chi connectivity index (χ2v) is 11.3. The molecular weight excluding hydrogens is 441 g/mol. The minimum Gasteiger partial charge on any atom is -0.469 e. The van der Waals surface area contributed by atoms with Gasteiger partial charge in [0.2, 0.25) is 0 Å². The Bertz CT molecular complexity index is 1000. The molecule has 0 saturated carbocycles. The normalized spacial score (nSPS) is 15.6. The number of nitrogens with one attached hydrogen (secondary N) is 1. The van der Waals surface area contributed by atoms with Gasteiger partial charge < -0.3 is 14.0 Å². The molecule has 9 heteroatoms. The molecule has 0 radical (unpaired) electrons. The second-order valence-electron chi connectivity index (χ2n) is 8.60. The van der Waals surface area contributed by atoms with Gasteiger partial charge in [0.25, 0.3) is 0 Å². The van der Waals surface area contributed by atoms with E-state index in [2.05, 4.69) is 5.09 Å². The average molecular weight is 470 g/mol. The molecule has 170 valence electrons. The van der Waals surface area contributed by atoms with Crippen LogP contribution >= 0.6 is 18.1 Å². The number of hydrogen-bond donors (Lipinski definition) is 1. The van der Waals surface area contributed by atoms with E-state index >= 15 is 0 Å². The van der Waals surface area contributed by atoms with Crippen LogP contribution in [-0.2, 0) is 23.6 Å². The van der Waals surface area contributed by atoms with Crippen molar-refractivity contribution in [2.75, 3.05) is 13.7 Å². The SMILES string of the molecule is COC(=O)C(C)c1ccc2cc(OP(=O)(Cl)NC(C)C(=O)OCC(C)(C)C)ccc2c1. The van der Waals surface area contributed by atoms with Gasteiger partial charge in [0.15, 0.2) is 0 Å². The average Bonchev–Trinajstić information content (AvgIpc) is 2.69. The van der Waals surface area contributed by atoms with Gasteiger partial charge in [0.1, 0.15) is 11.8 Å². The molecular formula is C22H29ClNO6P. The van der Waals surface area contributed by atoms with E-state index < -0.39 is 24.8 Å². The zero-order valence-corrected chi connectivity index (χ0v) is 20.3. The van der Waals surface area contributed by atoms with Crippen molar-refractivity contribution < 1.29 is 28.2 Å². The van der Waals surface area contributed by atoms with E-state index in [-0.39, 0.29) is 23.7 Å². The highest BCUT2D eigenvalue weighted by Crippen LogP contribution is 2.49. The van der Waals surface area contributed by atoms with Gasteiger partial charge >= 0.3 is 18.8 Å². The predicted octanol–water partition coefficient (Wildman–Crippen LogP) is 5.41. The number of halogens is 1. The molecule has 3 atom stereocenters. The maximum atomic E-state index is 12.7. The van der Waals surface area contributed by atoms with E-state index in [1.165, 1.54) is 14.0 Å². The molecule has 31 heavy (non-hydrogen) atoms. The third-order valence-electron chi connectivity index (χ3n) is 4.46. The molecule has 2 aromatic rings. The molecule has 0 aromatic heterocycles. The summed E-state index contributed by atoms with van der Waals surface area (Å²) >= 11 is 6.03. The number of ether oxygens (including phenoxy) is 2. The first-order valence-electron chi connectivity index (χ1n) is 9.86. The fourth-order valence-electron chi connectivity index (χ4n) is 2.74. The predicted molar refractivity (Wildman–Crippen MR) is 121 cm³/mol. The van der Waals surface area contributed by atoms with Crippen molar-refractivity contribution in [2.45, 2.75) is 46.6 Å². The lowest BCUT2D eigenvalue weighted by Gasteiger charge is -2.21. The topological polar surface area (TPSA) is 90.9 Å². The molecule has 1 N–H and O–H groups in total. The van der Waals surface area contributed by atoms with Gasteiger partial charge in [-0.3, -0.25) is 9.59 Å². The highest BCUT2D eigenvalue weighted by molar-refractivity contribution is 7.84. The Hall–Kier alpha value is -2.08. The number of benzene rings is 2. The number of hydrogen-bond acceptors (Lipinski definition) is 6. The molecule has 0 heterocycles. The largest absolute Gasteiger partial charge is 0.469 e. The number of carbonyl (C=O) groups is 2. The summed E-state index contributed by atoms with van der Waals surface area (Å²) in [5, 5.41) is 4.19. The van der Waals surface area contributed by atoms with Gasteiger partial charge in [-0.15, -0.1) is 0 Å². The summed E-state index contributed by atoms with van der Waals surface area (Å²) < 4.78 is 28.1. The molecule has 0 amide bonds. The van der Waals surface area contributed by atoms with E-state index in [9.17, 15) is 14.2 Å². The van der Waals surface area contributed by atoms with Gasteiger partial charge in [-0.1, -0.05) is 45.0 Å². The minimum absolute atomic E-state index is 0.184. The van der Waals surface area contributed by atoms with Crippen molar-refractivity contribution in [1.82, 2.24) is 5.09 Å². The number of fused-ring (bicyclic) bond motifs is 1. The Kier molecular flexibility index (Phi) is 8.15. The van der Waals surface area contributed by atoms with E-state index in [4.69, 9.17) is 25.2 Å². The van der Waals surface area contributed by atoms with Crippen LogP contribution in [0, 0.1) is 5.41 Å². The summed E-state index contributed by atoms with van der Waals surface area (Å²) in [6, 6.07) is 9.70. The smallest absolute Gasteiger partial charge is 0.409 e. The number of methoxy groups -OCH3 is 1. The maximum absolute atomic E-state index is 12.7. The van der Waals surface area contributed by atoms with Crippen LogP contribution in [0.5, 0.6) is 5.75 Å². The molecule has 0 aliphatic carbocycles. The van der Waals surface area contributed by atoms with E-state index in [0.717, 1.165) is 16.3 Å². The first-order valence-corrected chi connectivity index (χ1v) is 12.4. The van der Waals surface area contributed by atoms with Gasteiger partial charge in [-0.25, -0.2) is 9.65 Å². The van der Waals surface area contributed by atoms with Crippen molar-refractivity contribution in [1.29, 1.82) is 0 Å². The first kappa shape index (κ1) is 25.2. The Morgan fingerprint density at radius 2 is 1.68 bits per heavy atom. The maximum Gasteiger partial charge on any atom is 0.409 e. The molecule has 7 nitrogen and oxygen atoms in total. The molecule has 0 fully saturated rings. The molecule has 2 rings (SSSR count).